The minimum absolute atomic E-state index is 0.140. The van der Waals surface area contributed by atoms with Gasteiger partial charge in [0.1, 0.15) is 0 Å². The molecular weight excluding hydrogens is 224 g/mol. The molecule has 0 amide bonds. The van der Waals surface area contributed by atoms with Gasteiger partial charge in [-0.15, -0.1) is 0 Å². The van der Waals surface area contributed by atoms with E-state index in [1.807, 2.05) is 6.07 Å². The SMILES string of the molecule is NCC(=O)C1CCCCN(Cc2ccccc2)C1. The maximum Gasteiger partial charge on any atom is 0.150 e. The predicted octanol–water partition coefficient (Wildman–Crippen LogP) is 1.82. The van der Waals surface area contributed by atoms with Gasteiger partial charge >= 0.3 is 0 Å². The van der Waals surface area contributed by atoms with Crippen LogP contribution in [0.4, 0.5) is 0 Å². The van der Waals surface area contributed by atoms with E-state index in [1.165, 1.54) is 12.0 Å². The lowest BCUT2D eigenvalue weighted by Crippen LogP contribution is -2.34. The van der Waals surface area contributed by atoms with Crippen molar-refractivity contribution in [2.24, 2.45) is 11.7 Å². The van der Waals surface area contributed by atoms with Crippen molar-refractivity contribution in [1.29, 1.82) is 0 Å². The number of carbonyl (C=O) groups excluding carboxylic acids is 1. The molecule has 3 heteroatoms. The highest BCUT2D eigenvalue weighted by atomic mass is 16.1. The average Bonchev–Trinajstić information content (AvgIpc) is 2.65. The number of benzene rings is 1. The molecule has 1 fully saturated rings. The van der Waals surface area contributed by atoms with Gasteiger partial charge in [-0.3, -0.25) is 9.69 Å². The maximum absolute atomic E-state index is 11.8. The number of nitrogens with zero attached hydrogens (tertiary/aromatic N) is 1. The molecule has 0 aromatic heterocycles. The normalized spacial score (nSPS) is 21.5. The molecule has 0 bridgehead atoms. The molecule has 1 aliphatic rings. The summed E-state index contributed by atoms with van der Waals surface area (Å²) in [7, 11) is 0. The summed E-state index contributed by atoms with van der Waals surface area (Å²) in [6.45, 7) is 3.08. The Labute approximate surface area is 109 Å². The lowest BCUT2D eigenvalue weighted by Gasteiger charge is -2.23. The van der Waals surface area contributed by atoms with Crippen molar-refractivity contribution in [2.75, 3.05) is 19.6 Å². The fourth-order valence-electron chi connectivity index (χ4n) is 2.64. The van der Waals surface area contributed by atoms with Crippen LogP contribution in [0.3, 0.4) is 0 Å². The van der Waals surface area contributed by atoms with Crippen LogP contribution in [0.1, 0.15) is 24.8 Å². The highest BCUT2D eigenvalue weighted by Crippen LogP contribution is 2.18. The summed E-state index contributed by atoms with van der Waals surface area (Å²) in [4.78, 5) is 14.2. The number of carbonyl (C=O) groups is 1. The van der Waals surface area contributed by atoms with E-state index in [1.54, 1.807) is 0 Å². The van der Waals surface area contributed by atoms with Gasteiger partial charge in [-0.05, 0) is 24.9 Å². The molecule has 2 N–H and O–H groups in total. The van der Waals surface area contributed by atoms with E-state index in [-0.39, 0.29) is 18.2 Å². The van der Waals surface area contributed by atoms with Crippen LogP contribution in [0, 0.1) is 5.92 Å². The Morgan fingerprint density at radius 3 is 2.78 bits per heavy atom. The minimum Gasteiger partial charge on any atom is -0.324 e. The zero-order chi connectivity index (χ0) is 12.8. The van der Waals surface area contributed by atoms with Gasteiger partial charge in [-0.1, -0.05) is 36.8 Å². The van der Waals surface area contributed by atoms with Crippen LogP contribution in [0.15, 0.2) is 30.3 Å². The van der Waals surface area contributed by atoms with Gasteiger partial charge in [0.25, 0.3) is 0 Å². The molecule has 3 nitrogen and oxygen atoms in total. The maximum atomic E-state index is 11.8. The third-order valence-electron chi connectivity index (χ3n) is 3.66. The first-order valence-electron chi connectivity index (χ1n) is 6.78. The Morgan fingerprint density at radius 2 is 2.06 bits per heavy atom. The smallest absolute Gasteiger partial charge is 0.150 e. The molecule has 1 aromatic rings. The zero-order valence-corrected chi connectivity index (χ0v) is 10.8. The summed E-state index contributed by atoms with van der Waals surface area (Å²) in [5.74, 6) is 0.358. The molecule has 0 spiro atoms. The molecular formula is C15H22N2O. The average molecular weight is 246 g/mol. The Kier molecular flexibility index (Phi) is 4.90. The summed E-state index contributed by atoms with van der Waals surface area (Å²) in [5.41, 5.74) is 6.80. The van der Waals surface area contributed by atoms with Crippen LogP contribution in [0.25, 0.3) is 0 Å². The molecule has 2 rings (SSSR count). The van der Waals surface area contributed by atoms with Crippen LogP contribution in [-0.2, 0) is 11.3 Å². The van der Waals surface area contributed by atoms with Crippen molar-refractivity contribution < 1.29 is 4.79 Å². The van der Waals surface area contributed by atoms with Crippen molar-refractivity contribution in [2.45, 2.75) is 25.8 Å². The lowest BCUT2D eigenvalue weighted by molar-refractivity contribution is -0.122. The Hall–Kier alpha value is -1.19. The third-order valence-corrected chi connectivity index (χ3v) is 3.66. The second-order valence-corrected chi connectivity index (χ2v) is 5.08. The van der Waals surface area contributed by atoms with Gasteiger partial charge in [0, 0.05) is 19.0 Å². The van der Waals surface area contributed by atoms with Crippen molar-refractivity contribution in [3.05, 3.63) is 35.9 Å². The summed E-state index contributed by atoms with van der Waals surface area (Å²) < 4.78 is 0. The summed E-state index contributed by atoms with van der Waals surface area (Å²) in [6.07, 6.45) is 3.32. The van der Waals surface area contributed by atoms with Crippen LogP contribution in [-0.4, -0.2) is 30.3 Å². The fraction of sp³-hybridized carbons (Fsp3) is 0.533. The first-order chi connectivity index (χ1) is 8.79. The molecule has 1 unspecified atom stereocenters. The fourth-order valence-corrected chi connectivity index (χ4v) is 2.64. The molecule has 1 heterocycles. The second kappa shape index (κ2) is 6.66. The van der Waals surface area contributed by atoms with Gasteiger partial charge in [-0.2, -0.15) is 0 Å². The second-order valence-electron chi connectivity index (χ2n) is 5.08. The van der Waals surface area contributed by atoms with Crippen molar-refractivity contribution >= 4 is 5.78 Å². The molecule has 18 heavy (non-hydrogen) atoms. The van der Waals surface area contributed by atoms with E-state index in [0.717, 1.165) is 32.5 Å². The van der Waals surface area contributed by atoms with E-state index in [0.29, 0.717) is 0 Å². The quantitative estimate of drug-likeness (QED) is 0.881. The molecule has 0 saturated carbocycles. The van der Waals surface area contributed by atoms with Gasteiger partial charge in [0.05, 0.1) is 6.54 Å². The zero-order valence-electron chi connectivity index (χ0n) is 10.8. The number of hydrogen-bond donors (Lipinski definition) is 1. The number of likely N-dealkylation sites (tertiary alicyclic amines) is 1. The van der Waals surface area contributed by atoms with Gasteiger partial charge < -0.3 is 5.73 Å². The van der Waals surface area contributed by atoms with Crippen LogP contribution < -0.4 is 5.73 Å². The summed E-state index contributed by atoms with van der Waals surface area (Å²) in [6, 6.07) is 10.5. The Morgan fingerprint density at radius 1 is 1.28 bits per heavy atom. The Bertz CT molecular complexity index is 377. The van der Waals surface area contributed by atoms with E-state index < -0.39 is 0 Å². The van der Waals surface area contributed by atoms with E-state index in [4.69, 9.17) is 5.73 Å². The molecule has 1 saturated heterocycles. The number of ketones is 1. The van der Waals surface area contributed by atoms with E-state index >= 15 is 0 Å². The molecule has 1 aliphatic heterocycles. The number of nitrogens with two attached hydrogens (primary N) is 1. The topological polar surface area (TPSA) is 46.3 Å². The van der Waals surface area contributed by atoms with Crippen molar-refractivity contribution in [1.82, 2.24) is 4.90 Å². The number of rotatable bonds is 4. The number of hydrogen-bond acceptors (Lipinski definition) is 3. The Balaban J connectivity index is 1.97. The summed E-state index contributed by atoms with van der Waals surface area (Å²) in [5, 5.41) is 0. The molecule has 0 radical (unpaired) electrons. The first kappa shape index (κ1) is 13.2. The highest BCUT2D eigenvalue weighted by molar-refractivity contribution is 5.82. The lowest BCUT2D eigenvalue weighted by atomic mass is 9.98. The molecule has 1 atom stereocenters. The monoisotopic (exact) mass is 246 g/mol. The largest absolute Gasteiger partial charge is 0.324 e. The standard InChI is InChI=1S/C15H22N2O/c16-10-15(18)14-8-4-5-9-17(12-14)11-13-6-2-1-3-7-13/h1-3,6-7,14H,4-5,8-12,16H2. The van der Waals surface area contributed by atoms with Crippen LogP contribution in [0.5, 0.6) is 0 Å². The predicted molar refractivity (Wildman–Crippen MR) is 73.1 cm³/mol. The minimum atomic E-state index is 0.140. The molecule has 1 aromatic carbocycles. The highest BCUT2D eigenvalue weighted by Gasteiger charge is 2.22. The van der Waals surface area contributed by atoms with Crippen molar-refractivity contribution in [3.63, 3.8) is 0 Å². The van der Waals surface area contributed by atoms with Gasteiger partial charge in [0.15, 0.2) is 5.78 Å². The number of Topliss-reactive ketones (excluding diaryl/α,β-unsaturated/α-hetero) is 1. The van der Waals surface area contributed by atoms with Crippen LogP contribution in [0.2, 0.25) is 0 Å². The van der Waals surface area contributed by atoms with Gasteiger partial charge in [0.2, 0.25) is 0 Å². The van der Waals surface area contributed by atoms with Crippen LogP contribution >= 0.6 is 0 Å². The third kappa shape index (κ3) is 3.65. The molecule has 98 valence electrons. The van der Waals surface area contributed by atoms with E-state index in [9.17, 15) is 4.79 Å². The van der Waals surface area contributed by atoms with Crippen molar-refractivity contribution in [3.8, 4) is 0 Å². The van der Waals surface area contributed by atoms with Gasteiger partial charge in [-0.25, -0.2) is 0 Å². The first-order valence-corrected chi connectivity index (χ1v) is 6.78. The summed E-state index contributed by atoms with van der Waals surface area (Å²) >= 11 is 0. The van der Waals surface area contributed by atoms with E-state index in [2.05, 4.69) is 29.2 Å². The molecule has 0 aliphatic carbocycles.